The van der Waals surface area contributed by atoms with Crippen LogP contribution >= 0.6 is 0 Å². The molecule has 0 aliphatic carbocycles. The van der Waals surface area contributed by atoms with E-state index >= 15 is 0 Å². The molecule has 0 radical (unpaired) electrons. The van der Waals surface area contributed by atoms with Gasteiger partial charge < -0.3 is 14.4 Å². The van der Waals surface area contributed by atoms with E-state index in [1.807, 2.05) is 25.1 Å². The van der Waals surface area contributed by atoms with Crippen molar-refractivity contribution in [2.75, 3.05) is 45.9 Å². The van der Waals surface area contributed by atoms with Crippen molar-refractivity contribution in [3.63, 3.8) is 0 Å². The quantitative estimate of drug-likeness (QED) is 0.470. The lowest BCUT2D eigenvalue weighted by molar-refractivity contribution is -0.125. The fourth-order valence-corrected chi connectivity index (χ4v) is 4.37. The predicted octanol–water partition coefficient (Wildman–Crippen LogP) is 3.10. The van der Waals surface area contributed by atoms with Gasteiger partial charge in [-0.1, -0.05) is 6.42 Å². The number of imide groups is 1. The Morgan fingerprint density at radius 3 is 2.71 bits per heavy atom. The number of carbonyl (C=O) groups excluding carboxylic acids is 2. The van der Waals surface area contributed by atoms with Gasteiger partial charge in [0.15, 0.2) is 0 Å². The molecule has 3 heterocycles. The van der Waals surface area contributed by atoms with Crippen molar-refractivity contribution >= 4 is 17.6 Å². The number of piperidine rings is 1. The Balaban J connectivity index is 1.36. The molecule has 0 N–H and O–H groups in total. The smallest absolute Gasteiger partial charge is 0.347 e. The van der Waals surface area contributed by atoms with Gasteiger partial charge in [0.05, 0.1) is 18.9 Å². The van der Waals surface area contributed by atoms with Crippen LogP contribution in [0.15, 0.2) is 23.3 Å². The molecule has 4 rings (SSSR count). The van der Waals surface area contributed by atoms with Gasteiger partial charge >= 0.3 is 6.03 Å². The molecule has 3 aliphatic rings. The van der Waals surface area contributed by atoms with E-state index in [-0.39, 0.29) is 18.5 Å². The maximum absolute atomic E-state index is 12.8. The number of ether oxygens (including phenoxy) is 2. The maximum atomic E-state index is 12.8. The second-order valence-corrected chi connectivity index (χ2v) is 8.23. The number of unbranched alkanes of at least 4 members (excludes halogenated alkanes) is 1. The molecule has 1 aromatic rings. The van der Waals surface area contributed by atoms with Gasteiger partial charge in [0, 0.05) is 18.5 Å². The van der Waals surface area contributed by atoms with Crippen LogP contribution in [0.25, 0.3) is 0 Å². The molecule has 168 valence electrons. The van der Waals surface area contributed by atoms with E-state index in [1.54, 1.807) is 0 Å². The number of fused-ring (bicyclic) bond motifs is 1. The Morgan fingerprint density at radius 1 is 1.10 bits per heavy atom. The molecule has 2 saturated heterocycles. The molecule has 3 aliphatic heterocycles. The maximum Gasteiger partial charge on any atom is 0.347 e. The van der Waals surface area contributed by atoms with Crippen LogP contribution in [0, 0.1) is 0 Å². The zero-order valence-corrected chi connectivity index (χ0v) is 18.3. The molecule has 8 heteroatoms. The van der Waals surface area contributed by atoms with Crippen LogP contribution in [0.4, 0.5) is 4.79 Å². The van der Waals surface area contributed by atoms with Crippen molar-refractivity contribution < 1.29 is 19.1 Å². The zero-order chi connectivity index (χ0) is 21.6. The number of rotatable bonds is 8. The van der Waals surface area contributed by atoms with E-state index in [0.29, 0.717) is 26.2 Å². The Morgan fingerprint density at radius 2 is 1.90 bits per heavy atom. The van der Waals surface area contributed by atoms with Crippen molar-refractivity contribution in [1.29, 1.82) is 0 Å². The molecular formula is C23H32N4O4. The van der Waals surface area contributed by atoms with E-state index in [1.165, 1.54) is 42.3 Å². The van der Waals surface area contributed by atoms with Gasteiger partial charge in [-0.2, -0.15) is 5.10 Å². The minimum Gasteiger partial charge on any atom is -0.494 e. The van der Waals surface area contributed by atoms with Crippen molar-refractivity contribution in [2.45, 2.75) is 45.4 Å². The second-order valence-electron chi connectivity index (χ2n) is 8.23. The van der Waals surface area contributed by atoms with Crippen LogP contribution in [0.5, 0.6) is 11.5 Å². The molecule has 2 fully saturated rings. The largest absolute Gasteiger partial charge is 0.494 e. The third-order valence-corrected chi connectivity index (χ3v) is 6.00. The summed E-state index contributed by atoms with van der Waals surface area (Å²) >= 11 is 0. The molecule has 1 aromatic carbocycles. The van der Waals surface area contributed by atoms with E-state index in [0.717, 1.165) is 42.2 Å². The number of hydrogen-bond acceptors (Lipinski definition) is 6. The summed E-state index contributed by atoms with van der Waals surface area (Å²) in [5.41, 5.74) is 1.56. The topological polar surface area (TPSA) is 74.7 Å². The number of likely N-dealkylation sites (tertiary alicyclic amines) is 1. The van der Waals surface area contributed by atoms with E-state index in [4.69, 9.17) is 9.47 Å². The summed E-state index contributed by atoms with van der Waals surface area (Å²) in [6.45, 7) is 6.83. The first-order valence-electron chi connectivity index (χ1n) is 11.5. The highest BCUT2D eigenvalue weighted by molar-refractivity contribution is 6.06. The molecule has 0 saturated carbocycles. The zero-order valence-electron chi connectivity index (χ0n) is 18.3. The number of hydrazone groups is 1. The van der Waals surface area contributed by atoms with Gasteiger partial charge in [0.25, 0.3) is 5.91 Å². The van der Waals surface area contributed by atoms with Crippen LogP contribution in [0.3, 0.4) is 0 Å². The van der Waals surface area contributed by atoms with Crippen molar-refractivity contribution in [1.82, 2.24) is 14.8 Å². The number of nitrogens with zero attached hydrogens (tertiary/aromatic N) is 4. The molecule has 0 atom stereocenters. The summed E-state index contributed by atoms with van der Waals surface area (Å²) in [5.74, 6) is 1.28. The lowest BCUT2D eigenvalue weighted by Crippen LogP contribution is -2.34. The fourth-order valence-electron chi connectivity index (χ4n) is 4.37. The first-order chi connectivity index (χ1) is 15.2. The molecule has 31 heavy (non-hydrogen) atoms. The third-order valence-electron chi connectivity index (χ3n) is 6.00. The van der Waals surface area contributed by atoms with Gasteiger partial charge in [-0.15, -0.1) is 0 Å². The van der Waals surface area contributed by atoms with Gasteiger partial charge in [-0.25, -0.2) is 9.80 Å². The monoisotopic (exact) mass is 428 g/mol. The summed E-state index contributed by atoms with van der Waals surface area (Å²) in [7, 11) is 0. The van der Waals surface area contributed by atoms with E-state index < -0.39 is 0 Å². The summed E-state index contributed by atoms with van der Waals surface area (Å²) in [6.07, 6.45) is 6.28. The number of benzene rings is 1. The van der Waals surface area contributed by atoms with Crippen LogP contribution in [0.1, 0.15) is 51.0 Å². The average Bonchev–Trinajstić information content (AvgIpc) is 3.05. The summed E-state index contributed by atoms with van der Waals surface area (Å²) in [5, 5.41) is 5.85. The molecule has 0 bridgehead atoms. The minimum absolute atomic E-state index is 0.00417. The Labute approximate surface area is 183 Å². The molecular weight excluding hydrogens is 396 g/mol. The SMILES string of the molecule is CCOc1ccc2c(c1)/C(=N/N1CC(=O)N(CCCCN3CCCCC3)C1=O)CCO2. The highest BCUT2D eigenvalue weighted by Gasteiger charge is 2.36. The summed E-state index contributed by atoms with van der Waals surface area (Å²) in [4.78, 5) is 29.1. The fraction of sp³-hybridized carbons (Fsp3) is 0.609. The minimum atomic E-state index is -0.329. The van der Waals surface area contributed by atoms with Gasteiger partial charge in [0.2, 0.25) is 0 Å². The number of carbonyl (C=O) groups is 2. The predicted molar refractivity (Wildman–Crippen MR) is 118 cm³/mol. The van der Waals surface area contributed by atoms with Crippen molar-refractivity contribution in [3.05, 3.63) is 23.8 Å². The molecule has 0 spiro atoms. The lowest BCUT2D eigenvalue weighted by Gasteiger charge is -2.26. The van der Waals surface area contributed by atoms with Crippen LogP contribution in [-0.4, -0.2) is 78.4 Å². The first kappa shape index (κ1) is 21.6. The summed E-state index contributed by atoms with van der Waals surface area (Å²) < 4.78 is 11.3. The normalized spacial score (nSPS) is 20.9. The molecule has 8 nitrogen and oxygen atoms in total. The summed E-state index contributed by atoms with van der Waals surface area (Å²) in [6, 6.07) is 5.28. The van der Waals surface area contributed by atoms with Gasteiger partial charge in [-0.3, -0.25) is 9.69 Å². The second kappa shape index (κ2) is 10.1. The molecule has 0 unspecified atom stereocenters. The van der Waals surface area contributed by atoms with E-state index in [2.05, 4.69) is 10.0 Å². The van der Waals surface area contributed by atoms with Crippen LogP contribution in [0.2, 0.25) is 0 Å². The van der Waals surface area contributed by atoms with Crippen molar-refractivity contribution in [2.24, 2.45) is 5.10 Å². The Hall–Kier alpha value is -2.61. The average molecular weight is 429 g/mol. The van der Waals surface area contributed by atoms with Gasteiger partial charge in [0.1, 0.15) is 18.0 Å². The lowest BCUT2D eigenvalue weighted by atomic mass is 10.0. The molecule has 0 aromatic heterocycles. The number of hydrogen-bond donors (Lipinski definition) is 0. The number of amides is 3. The van der Waals surface area contributed by atoms with E-state index in [9.17, 15) is 9.59 Å². The third kappa shape index (κ3) is 5.18. The number of urea groups is 1. The van der Waals surface area contributed by atoms with Crippen LogP contribution in [-0.2, 0) is 4.79 Å². The van der Waals surface area contributed by atoms with Gasteiger partial charge in [-0.05, 0) is 70.4 Å². The van der Waals surface area contributed by atoms with Crippen molar-refractivity contribution in [3.8, 4) is 11.5 Å². The standard InChI is InChI=1S/C23H32N4O4/c1-2-30-18-8-9-21-19(16-18)20(10-15-31-21)24-27-17-22(28)26(23(27)29)14-7-6-13-25-11-4-3-5-12-25/h8-9,16H,2-7,10-15,17H2,1H3/b24-20+. The highest BCUT2D eigenvalue weighted by Crippen LogP contribution is 2.30. The molecule has 3 amide bonds. The first-order valence-corrected chi connectivity index (χ1v) is 11.5. The van der Waals surface area contributed by atoms with Crippen LogP contribution < -0.4 is 9.47 Å². The highest BCUT2D eigenvalue weighted by atomic mass is 16.5. The Bertz CT molecular complexity index is 835. The Kier molecular flexibility index (Phi) is 7.06.